The number of rotatable bonds is 26. The van der Waals surface area contributed by atoms with E-state index < -0.39 is 0 Å². The molecule has 0 saturated heterocycles. The van der Waals surface area contributed by atoms with E-state index in [0.717, 1.165) is 60.7 Å². The van der Waals surface area contributed by atoms with Gasteiger partial charge in [-0.25, -0.2) is 0 Å². The van der Waals surface area contributed by atoms with Gasteiger partial charge in [0.05, 0.1) is 0 Å². The van der Waals surface area contributed by atoms with Gasteiger partial charge in [-0.15, -0.1) is 0 Å². The van der Waals surface area contributed by atoms with Crippen LogP contribution < -0.4 is 0 Å². The van der Waals surface area contributed by atoms with E-state index in [9.17, 15) is 4.79 Å². The molecule has 4 rings (SSSR count). The van der Waals surface area contributed by atoms with Crippen molar-refractivity contribution in [2.45, 2.75) is 247 Å². The first-order valence-electron chi connectivity index (χ1n) is 24.0. The summed E-state index contributed by atoms with van der Waals surface area (Å²) >= 11 is 0. The Labute approximate surface area is 325 Å². The van der Waals surface area contributed by atoms with Gasteiger partial charge < -0.3 is 4.74 Å². The van der Waals surface area contributed by atoms with Crippen molar-refractivity contribution in [1.29, 1.82) is 0 Å². The second-order valence-electron chi connectivity index (χ2n) is 20.2. The maximum absolute atomic E-state index is 12.9. The van der Waals surface area contributed by atoms with Crippen molar-refractivity contribution >= 4 is 5.97 Å². The molecule has 52 heavy (non-hydrogen) atoms. The molecule has 9 unspecified atom stereocenters. The van der Waals surface area contributed by atoms with Crippen LogP contribution in [0.15, 0.2) is 11.6 Å². The van der Waals surface area contributed by atoms with E-state index in [1.54, 1.807) is 5.57 Å². The van der Waals surface area contributed by atoms with Gasteiger partial charge in [0.15, 0.2) is 0 Å². The van der Waals surface area contributed by atoms with Crippen LogP contribution in [0.5, 0.6) is 0 Å². The lowest BCUT2D eigenvalue weighted by Crippen LogP contribution is -2.51. The van der Waals surface area contributed by atoms with Crippen molar-refractivity contribution in [1.82, 2.24) is 0 Å². The van der Waals surface area contributed by atoms with Crippen LogP contribution >= 0.6 is 0 Å². The zero-order chi connectivity index (χ0) is 37.4. The van der Waals surface area contributed by atoms with Crippen LogP contribution in [0.4, 0.5) is 0 Å². The maximum atomic E-state index is 12.9. The highest BCUT2D eigenvalue weighted by Crippen LogP contribution is 2.67. The molecule has 4 aliphatic carbocycles. The number of fused-ring (bicyclic) bond motifs is 5. The molecule has 0 spiro atoms. The maximum Gasteiger partial charge on any atom is 0.306 e. The van der Waals surface area contributed by atoms with E-state index in [2.05, 4.69) is 54.5 Å². The Kier molecular flexibility index (Phi) is 19.2. The largest absolute Gasteiger partial charge is 0.462 e. The Morgan fingerprint density at radius 1 is 0.692 bits per heavy atom. The Morgan fingerprint density at radius 3 is 1.81 bits per heavy atom. The number of carbonyl (C=O) groups excluding carboxylic acids is 1. The molecule has 0 aromatic carbocycles. The lowest BCUT2D eigenvalue weighted by atomic mass is 9.47. The fourth-order valence-corrected chi connectivity index (χ4v) is 12.4. The molecule has 0 aromatic heterocycles. The van der Waals surface area contributed by atoms with Crippen molar-refractivity contribution in [2.24, 2.45) is 52.3 Å². The molecule has 0 heterocycles. The van der Waals surface area contributed by atoms with Gasteiger partial charge in [-0.05, 0) is 104 Å². The standard InChI is InChI=1S/C50H90O2/c1-8-9-10-11-12-13-14-15-16-17-18-19-20-21-22-23-24-25-26-27-48(51)52-43-34-36-49(6)42(38-43)30-31-44-46-33-32-45(50(46,7)37-35-47(44)49)41(5)29-28-40(4)39(2)3/h30,39-41,43-47H,8-29,31-38H2,1-7H3. The minimum absolute atomic E-state index is 0.0669. The lowest BCUT2D eigenvalue weighted by molar-refractivity contribution is -0.151. The molecule has 0 radical (unpaired) electrons. The van der Waals surface area contributed by atoms with Gasteiger partial charge in [-0.3, -0.25) is 4.79 Å². The summed E-state index contributed by atoms with van der Waals surface area (Å²) in [6.45, 7) is 17.5. The summed E-state index contributed by atoms with van der Waals surface area (Å²) in [7, 11) is 0. The molecule has 2 nitrogen and oxygen atoms in total. The number of ether oxygens (including phenoxy) is 1. The Bertz CT molecular complexity index is 1030. The van der Waals surface area contributed by atoms with Gasteiger partial charge in [-0.2, -0.15) is 0 Å². The first kappa shape index (κ1) is 43.9. The van der Waals surface area contributed by atoms with Gasteiger partial charge >= 0.3 is 5.97 Å². The van der Waals surface area contributed by atoms with Crippen LogP contribution in [-0.2, 0) is 9.53 Å². The smallest absolute Gasteiger partial charge is 0.306 e. The fraction of sp³-hybridized carbons (Fsp3) is 0.940. The summed E-state index contributed by atoms with van der Waals surface area (Å²) in [5.74, 6) is 6.11. The third kappa shape index (κ3) is 12.6. The topological polar surface area (TPSA) is 26.3 Å². The number of hydrogen-bond donors (Lipinski definition) is 0. The third-order valence-electron chi connectivity index (χ3n) is 16.3. The van der Waals surface area contributed by atoms with Crippen molar-refractivity contribution in [3.05, 3.63) is 11.6 Å². The normalized spacial score (nSPS) is 31.1. The highest BCUT2D eigenvalue weighted by Gasteiger charge is 2.59. The zero-order valence-corrected chi connectivity index (χ0v) is 36.2. The first-order valence-corrected chi connectivity index (χ1v) is 24.0. The molecule has 0 aliphatic heterocycles. The monoisotopic (exact) mass is 723 g/mol. The minimum Gasteiger partial charge on any atom is -0.462 e. The average Bonchev–Trinajstić information content (AvgIpc) is 3.48. The van der Waals surface area contributed by atoms with Crippen LogP contribution in [0, 0.1) is 52.3 Å². The molecule has 0 amide bonds. The van der Waals surface area contributed by atoms with Gasteiger partial charge in [0.1, 0.15) is 6.10 Å². The second-order valence-corrected chi connectivity index (χ2v) is 20.2. The van der Waals surface area contributed by atoms with Gasteiger partial charge in [0, 0.05) is 12.8 Å². The van der Waals surface area contributed by atoms with Gasteiger partial charge in [-0.1, -0.05) is 189 Å². The number of carbonyl (C=O) groups is 1. The molecule has 0 aromatic rings. The zero-order valence-electron chi connectivity index (χ0n) is 36.2. The number of hydrogen-bond acceptors (Lipinski definition) is 2. The van der Waals surface area contributed by atoms with Crippen LogP contribution in [-0.4, -0.2) is 12.1 Å². The fourth-order valence-electron chi connectivity index (χ4n) is 12.4. The quantitative estimate of drug-likeness (QED) is 0.0505. The van der Waals surface area contributed by atoms with E-state index >= 15 is 0 Å². The van der Waals surface area contributed by atoms with Crippen LogP contribution in [0.3, 0.4) is 0 Å². The van der Waals surface area contributed by atoms with E-state index in [4.69, 9.17) is 4.74 Å². The average molecular weight is 723 g/mol. The van der Waals surface area contributed by atoms with Gasteiger partial charge in [0.2, 0.25) is 0 Å². The Hall–Kier alpha value is -0.790. The number of unbranched alkanes of at least 4 members (excludes halogenated alkanes) is 18. The summed E-state index contributed by atoms with van der Waals surface area (Å²) < 4.78 is 6.16. The first-order chi connectivity index (χ1) is 25.1. The van der Waals surface area contributed by atoms with Gasteiger partial charge in [0.25, 0.3) is 0 Å². The lowest BCUT2D eigenvalue weighted by Gasteiger charge is -2.58. The predicted octanol–water partition coefficient (Wildman–Crippen LogP) is 16.0. The van der Waals surface area contributed by atoms with Crippen molar-refractivity contribution in [2.75, 3.05) is 0 Å². The molecule has 0 bridgehead atoms. The van der Waals surface area contributed by atoms with Crippen molar-refractivity contribution < 1.29 is 9.53 Å². The van der Waals surface area contributed by atoms with Crippen LogP contribution in [0.1, 0.15) is 241 Å². The molecule has 9 atom stereocenters. The summed E-state index contributed by atoms with van der Waals surface area (Å²) in [5.41, 5.74) is 2.52. The molecule has 2 heteroatoms. The summed E-state index contributed by atoms with van der Waals surface area (Å²) in [6, 6.07) is 0. The summed E-state index contributed by atoms with van der Waals surface area (Å²) in [4.78, 5) is 12.9. The molecule has 0 N–H and O–H groups in total. The molecule has 4 aliphatic rings. The van der Waals surface area contributed by atoms with E-state index in [1.807, 2.05) is 0 Å². The highest BCUT2D eigenvalue weighted by molar-refractivity contribution is 5.69. The van der Waals surface area contributed by atoms with Crippen molar-refractivity contribution in [3.8, 4) is 0 Å². The molecule has 3 saturated carbocycles. The van der Waals surface area contributed by atoms with Crippen LogP contribution in [0.2, 0.25) is 0 Å². The molecule has 3 fully saturated rings. The van der Waals surface area contributed by atoms with E-state index in [-0.39, 0.29) is 12.1 Å². The van der Waals surface area contributed by atoms with Crippen molar-refractivity contribution in [3.63, 3.8) is 0 Å². The van der Waals surface area contributed by atoms with E-state index in [1.165, 1.54) is 167 Å². The summed E-state index contributed by atoms with van der Waals surface area (Å²) in [6.07, 6.45) is 42.8. The molecular weight excluding hydrogens is 633 g/mol. The Balaban J connectivity index is 1.04. The Morgan fingerprint density at radius 2 is 1.25 bits per heavy atom. The van der Waals surface area contributed by atoms with E-state index in [0.29, 0.717) is 17.3 Å². The number of esters is 1. The highest BCUT2D eigenvalue weighted by atomic mass is 16.5. The predicted molar refractivity (Wildman–Crippen MR) is 225 cm³/mol. The number of allylic oxidation sites excluding steroid dienone is 1. The molecular formula is C50H90O2. The SMILES string of the molecule is CCCCCCCCCCCCCCCCCCCCCC(=O)OC1CCC2(C)C(=CCC3C2CCC2(C)C(C(C)CCC(C)C(C)C)CCC32)C1. The third-order valence-corrected chi connectivity index (χ3v) is 16.3. The molecule has 302 valence electrons. The minimum atomic E-state index is 0.0669. The second kappa shape index (κ2) is 22.7. The van der Waals surface area contributed by atoms with Crippen LogP contribution in [0.25, 0.3) is 0 Å². The summed E-state index contributed by atoms with van der Waals surface area (Å²) in [5, 5.41) is 0.